The van der Waals surface area contributed by atoms with Crippen molar-refractivity contribution in [3.8, 4) is 11.5 Å². The van der Waals surface area contributed by atoms with E-state index in [0.717, 1.165) is 19.5 Å². The Balaban J connectivity index is 1.54. The van der Waals surface area contributed by atoms with Crippen LogP contribution in [-0.2, 0) is 15.6 Å². The third kappa shape index (κ3) is 3.84. The van der Waals surface area contributed by atoms with E-state index in [1.165, 1.54) is 0 Å². The number of carbonyl (C=O) groups excluding carboxylic acids is 1. The van der Waals surface area contributed by atoms with Crippen molar-refractivity contribution in [3.05, 3.63) is 18.2 Å². The first-order chi connectivity index (χ1) is 11.2. The van der Waals surface area contributed by atoms with Gasteiger partial charge in [-0.2, -0.15) is 0 Å². The number of hydrogen-bond donors (Lipinski definition) is 1. The predicted octanol–water partition coefficient (Wildman–Crippen LogP) is 0.763. The number of rotatable bonds is 5. The molecule has 126 valence electrons. The van der Waals surface area contributed by atoms with Gasteiger partial charge in [-0.25, -0.2) is 0 Å². The highest BCUT2D eigenvalue weighted by molar-refractivity contribution is 7.85. The molecular formula is C16H22N2O4S. The Hall–Kier alpha value is -1.60. The zero-order valence-corrected chi connectivity index (χ0v) is 13.8. The average Bonchev–Trinajstić information content (AvgIpc) is 3.08. The Morgan fingerprint density at radius 2 is 2.09 bits per heavy atom. The van der Waals surface area contributed by atoms with Gasteiger partial charge in [0, 0.05) is 36.2 Å². The molecule has 23 heavy (non-hydrogen) atoms. The highest BCUT2D eigenvalue weighted by Crippen LogP contribution is 2.31. The summed E-state index contributed by atoms with van der Waals surface area (Å²) in [4.78, 5) is 14.7. The van der Waals surface area contributed by atoms with Crippen LogP contribution in [-0.4, -0.2) is 53.6 Å². The molecule has 1 aromatic rings. The highest BCUT2D eigenvalue weighted by Gasteiger charge is 2.25. The van der Waals surface area contributed by atoms with E-state index in [-0.39, 0.29) is 5.91 Å². The van der Waals surface area contributed by atoms with Gasteiger partial charge < -0.3 is 20.1 Å². The van der Waals surface area contributed by atoms with Gasteiger partial charge in [0.2, 0.25) is 5.91 Å². The molecule has 2 aliphatic heterocycles. The van der Waals surface area contributed by atoms with Gasteiger partial charge in [0.1, 0.15) is 13.2 Å². The highest BCUT2D eigenvalue weighted by atomic mass is 32.2. The molecule has 0 bridgehead atoms. The predicted molar refractivity (Wildman–Crippen MR) is 87.1 cm³/mol. The summed E-state index contributed by atoms with van der Waals surface area (Å²) in [5.74, 6) is 2.09. The van der Waals surface area contributed by atoms with E-state index in [4.69, 9.17) is 15.2 Å². The summed E-state index contributed by atoms with van der Waals surface area (Å²) in [5, 5.41) is 0. The normalized spacial score (nSPS) is 21.3. The first-order valence-corrected chi connectivity index (χ1v) is 9.25. The van der Waals surface area contributed by atoms with E-state index in [2.05, 4.69) is 0 Å². The molecule has 0 radical (unpaired) electrons. The Morgan fingerprint density at radius 1 is 1.30 bits per heavy atom. The second-order valence-corrected chi connectivity index (χ2v) is 7.41. The molecular weight excluding hydrogens is 316 g/mol. The molecule has 1 saturated heterocycles. The molecule has 2 aliphatic rings. The maximum absolute atomic E-state index is 12.4. The fourth-order valence-electron chi connectivity index (χ4n) is 2.87. The first-order valence-electron chi connectivity index (χ1n) is 7.93. The summed E-state index contributed by atoms with van der Waals surface area (Å²) in [7, 11) is -1.22. The molecule has 0 aliphatic carbocycles. The number of likely N-dealkylation sites (tertiary alicyclic amines) is 1. The minimum atomic E-state index is -1.22. The van der Waals surface area contributed by atoms with Crippen LogP contribution in [0.1, 0.15) is 12.8 Å². The molecule has 0 saturated carbocycles. The maximum atomic E-state index is 12.4. The number of amides is 1. The van der Waals surface area contributed by atoms with Crippen LogP contribution >= 0.6 is 0 Å². The molecule has 6 nitrogen and oxygen atoms in total. The second-order valence-electron chi connectivity index (χ2n) is 5.84. The molecule has 2 N–H and O–H groups in total. The van der Waals surface area contributed by atoms with Gasteiger partial charge in [0.15, 0.2) is 11.5 Å². The fraction of sp³-hybridized carbons (Fsp3) is 0.562. The molecule has 3 rings (SSSR count). The van der Waals surface area contributed by atoms with Gasteiger partial charge in [-0.1, -0.05) is 0 Å². The van der Waals surface area contributed by atoms with E-state index in [1.807, 2.05) is 4.90 Å². The van der Waals surface area contributed by atoms with Crippen molar-refractivity contribution in [2.75, 3.05) is 38.6 Å². The van der Waals surface area contributed by atoms with Crippen molar-refractivity contribution in [1.29, 1.82) is 0 Å². The summed E-state index contributed by atoms with van der Waals surface area (Å²) >= 11 is 0. The lowest BCUT2D eigenvalue weighted by atomic mass is 10.1. The van der Waals surface area contributed by atoms with Gasteiger partial charge in [0.25, 0.3) is 0 Å². The molecule has 1 fully saturated rings. The summed E-state index contributed by atoms with van der Waals surface area (Å²) in [6.45, 7) is 3.14. The average molecular weight is 338 g/mol. The van der Waals surface area contributed by atoms with Gasteiger partial charge >= 0.3 is 0 Å². The second kappa shape index (κ2) is 7.31. The van der Waals surface area contributed by atoms with Crippen LogP contribution in [0.3, 0.4) is 0 Å². The van der Waals surface area contributed by atoms with Crippen LogP contribution in [0.15, 0.2) is 23.1 Å². The van der Waals surface area contributed by atoms with Crippen molar-refractivity contribution in [3.63, 3.8) is 0 Å². The maximum Gasteiger partial charge on any atom is 0.223 e. The van der Waals surface area contributed by atoms with Gasteiger partial charge in [0.05, 0.1) is 10.8 Å². The van der Waals surface area contributed by atoms with Crippen molar-refractivity contribution in [2.45, 2.75) is 17.7 Å². The number of benzene rings is 1. The van der Waals surface area contributed by atoms with E-state index in [1.54, 1.807) is 18.2 Å². The molecule has 0 spiro atoms. The van der Waals surface area contributed by atoms with Crippen molar-refractivity contribution < 1.29 is 18.5 Å². The zero-order chi connectivity index (χ0) is 16.2. The Morgan fingerprint density at radius 3 is 2.83 bits per heavy atom. The number of nitrogens with two attached hydrogens (primary N) is 1. The van der Waals surface area contributed by atoms with E-state index >= 15 is 0 Å². The zero-order valence-electron chi connectivity index (χ0n) is 13.0. The lowest BCUT2D eigenvalue weighted by Crippen LogP contribution is -2.30. The van der Waals surface area contributed by atoms with Crippen LogP contribution in [0.5, 0.6) is 11.5 Å². The van der Waals surface area contributed by atoms with Crippen LogP contribution in [0.2, 0.25) is 0 Å². The lowest BCUT2D eigenvalue weighted by molar-refractivity contribution is -0.129. The Kier molecular flexibility index (Phi) is 5.17. The topological polar surface area (TPSA) is 81.9 Å². The van der Waals surface area contributed by atoms with E-state index in [9.17, 15) is 9.00 Å². The van der Waals surface area contributed by atoms with Crippen molar-refractivity contribution >= 4 is 16.7 Å². The SMILES string of the molecule is NCC1CCN(C(=O)CCS(=O)c2ccc3c(c2)OCCO3)C1. The third-order valence-corrected chi connectivity index (χ3v) is 5.60. The standard InChI is InChI=1S/C16H22N2O4S/c17-10-12-3-5-18(11-12)16(19)4-8-23(20)13-1-2-14-15(9-13)22-7-6-21-14/h1-2,9,12H,3-8,10-11,17H2. The summed E-state index contributed by atoms with van der Waals surface area (Å²) < 4.78 is 23.3. The smallest absolute Gasteiger partial charge is 0.223 e. The molecule has 2 unspecified atom stereocenters. The summed E-state index contributed by atoms with van der Waals surface area (Å²) in [6, 6.07) is 5.29. The largest absolute Gasteiger partial charge is 0.486 e. The number of nitrogens with zero attached hydrogens (tertiary/aromatic N) is 1. The summed E-state index contributed by atoms with van der Waals surface area (Å²) in [5.41, 5.74) is 5.64. The monoisotopic (exact) mass is 338 g/mol. The number of fused-ring (bicyclic) bond motifs is 1. The van der Waals surface area contributed by atoms with Gasteiger partial charge in [-0.05, 0) is 31.0 Å². The molecule has 7 heteroatoms. The lowest BCUT2D eigenvalue weighted by Gasteiger charge is -2.19. The molecule has 2 atom stereocenters. The van der Waals surface area contributed by atoms with Crippen LogP contribution in [0, 0.1) is 5.92 Å². The molecule has 0 aromatic heterocycles. The van der Waals surface area contributed by atoms with Crippen LogP contribution < -0.4 is 15.2 Å². The molecule has 1 amide bonds. The minimum absolute atomic E-state index is 0.0619. The minimum Gasteiger partial charge on any atom is -0.486 e. The fourth-order valence-corrected chi connectivity index (χ4v) is 3.93. The van der Waals surface area contributed by atoms with Gasteiger partial charge in [-0.15, -0.1) is 0 Å². The van der Waals surface area contributed by atoms with E-state index < -0.39 is 10.8 Å². The third-order valence-electron chi connectivity index (χ3n) is 4.25. The molecule has 1 aromatic carbocycles. The van der Waals surface area contributed by atoms with Crippen LogP contribution in [0.25, 0.3) is 0 Å². The van der Waals surface area contributed by atoms with E-state index in [0.29, 0.717) is 54.2 Å². The Bertz CT molecular complexity index is 608. The quantitative estimate of drug-likeness (QED) is 0.857. The number of hydrogen-bond acceptors (Lipinski definition) is 5. The Labute approximate surface area is 138 Å². The molecule has 2 heterocycles. The number of carbonyl (C=O) groups is 1. The van der Waals surface area contributed by atoms with Crippen LogP contribution in [0.4, 0.5) is 0 Å². The first kappa shape index (κ1) is 16.3. The summed E-state index contributed by atoms with van der Waals surface area (Å²) in [6.07, 6.45) is 1.26. The van der Waals surface area contributed by atoms with Gasteiger partial charge in [-0.3, -0.25) is 9.00 Å². The number of ether oxygens (including phenoxy) is 2. The van der Waals surface area contributed by atoms with Crippen molar-refractivity contribution in [1.82, 2.24) is 4.90 Å². The van der Waals surface area contributed by atoms with Crippen molar-refractivity contribution in [2.24, 2.45) is 11.7 Å².